The number of aliphatic carboxylic acids is 1. The van der Waals surface area contributed by atoms with Crippen LogP contribution >= 0.6 is 0 Å². The molecule has 1 aliphatic heterocycles. The predicted octanol–water partition coefficient (Wildman–Crippen LogP) is 2.25. The number of carboxylic acids is 1. The summed E-state index contributed by atoms with van der Waals surface area (Å²) in [5, 5.41) is 10.3. The molecule has 1 saturated heterocycles. The minimum absolute atomic E-state index is 0.0797. The lowest BCUT2D eigenvalue weighted by Crippen LogP contribution is -2.48. The number of hydrogen-bond donors (Lipinski definition) is 2. The number of ether oxygens (including phenoxy) is 1. The van der Waals surface area contributed by atoms with E-state index in [-0.39, 0.29) is 18.2 Å². The third-order valence-electron chi connectivity index (χ3n) is 5.47. The van der Waals surface area contributed by atoms with Crippen molar-refractivity contribution in [3.8, 4) is 5.75 Å². The van der Waals surface area contributed by atoms with E-state index >= 15 is 0 Å². The molecule has 204 valence electrons. The van der Waals surface area contributed by atoms with Gasteiger partial charge in [-0.1, -0.05) is 30.3 Å². The second-order valence-electron chi connectivity index (χ2n) is 8.02. The number of hydrogen-bond acceptors (Lipinski definition) is 6. The molecule has 0 aliphatic carbocycles. The number of carbonyl (C=O) groups excluding carboxylic acids is 1. The molecule has 0 saturated carbocycles. The van der Waals surface area contributed by atoms with Gasteiger partial charge < -0.3 is 20.1 Å². The maximum Gasteiger partial charge on any atom is 0.490 e. The van der Waals surface area contributed by atoms with E-state index in [4.69, 9.17) is 14.6 Å². The van der Waals surface area contributed by atoms with Gasteiger partial charge in [0, 0.05) is 44.8 Å². The number of rotatable bonds is 9. The number of halogens is 3. The van der Waals surface area contributed by atoms with Gasteiger partial charge in [-0.3, -0.25) is 4.79 Å². The molecule has 0 bridgehead atoms. The van der Waals surface area contributed by atoms with Gasteiger partial charge in [-0.25, -0.2) is 13.2 Å². The van der Waals surface area contributed by atoms with Crippen molar-refractivity contribution >= 4 is 21.9 Å². The van der Waals surface area contributed by atoms with Gasteiger partial charge in [0.05, 0.1) is 12.9 Å². The quantitative estimate of drug-likeness (QED) is 0.497. The Bertz CT molecular complexity index is 1110. The second kappa shape index (κ2) is 14.0. The van der Waals surface area contributed by atoms with Crippen LogP contribution in [0.1, 0.15) is 15.9 Å². The summed E-state index contributed by atoms with van der Waals surface area (Å²) >= 11 is 0. The predicted molar refractivity (Wildman–Crippen MR) is 131 cm³/mol. The summed E-state index contributed by atoms with van der Waals surface area (Å²) in [6.45, 7) is 2.86. The van der Waals surface area contributed by atoms with E-state index < -0.39 is 22.2 Å². The third-order valence-corrected chi connectivity index (χ3v) is 7.32. The molecule has 0 unspecified atom stereocenters. The molecule has 1 aliphatic rings. The van der Waals surface area contributed by atoms with Crippen LogP contribution in [-0.4, -0.2) is 92.9 Å². The smallest absolute Gasteiger partial charge is 0.490 e. The standard InChI is InChI=1S/C22H29N3O4S.C2HF3O2/c1-29-21-9-7-20(8-10-21)22(26)24(14-11-19-5-3-2-4-6-19)17-18-30(27,28)25-15-12-23-13-16-25;3-2(4,5)1(6)7/h2-10,23H,11-18H2,1H3;(H,6,7). The number of sulfonamides is 1. The molecule has 0 aromatic heterocycles. The van der Waals surface area contributed by atoms with Gasteiger partial charge in [0.25, 0.3) is 5.91 Å². The highest BCUT2D eigenvalue weighted by Crippen LogP contribution is 2.15. The van der Waals surface area contributed by atoms with Crippen LogP contribution in [0.25, 0.3) is 0 Å². The van der Waals surface area contributed by atoms with Crippen LogP contribution in [0.3, 0.4) is 0 Å². The fraction of sp³-hybridized carbons (Fsp3) is 0.417. The first kappa shape index (κ1) is 30.1. The minimum Gasteiger partial charge on any atom is -0.497 e. The lowest BCUT2D eigenvalue weighted by molar-refractivity contribution is -0.192. The highest BCUT2D eigenvalue weighted by Gasteiger charge is 2.38. The van der Waals surface area contributed by atoms with Gasteiger partial charge in [0.1, 0.15) is 5.75 Å². The number of piperazine rings is 1. The van der Waals surface area contributed by atoms with Crippen molar-refractivity contribution in [3.63, 3.8) is 0 Å². The monoisotopic (exact) mass is 545 g/mol. The molecule has 9 nitrogen and oxygen atoms in total. The number of nitrogens with zero attached hydrogens (tertiary/aromatic N) is 2. The number of carbonyl (C=O) groups is 2. The molecule has 2 aromatic rings. The summed E-state index contributed by atoms with van der Waals surface area (Å²) < 4.78 is 63.9. The number of methoxy groups -OCH3 is 1. The van der Waals surface area contributed by atoms with Gasteiger partial charge in [-0.2, -0.15) is 17.5 Å². The summed E-state index contributed by atoms with van der Waals surface area (Å²) in [5.74, 6) is -2.34. The van der Waals surface area contributed by atoms with E-state index in [2.05, 4.69) is 5.32 Å². The second-order valence-corrected chi connectivity index (χ2v) is 10.1. The van der Waals surface area contributed by atoms with E-state index in [1.165, 1.54) is 4.31 Å². The fourth-order valence-electron chi connectivity index (χ4n) is 3.42. The van der Waals surface area contributed by atoms with Crippen LogP contribution in [0.15, 0.2) is 54.6 Å². The number of nitrogens with one attached hydrogen (secondary N) is 1. The summed E-state index contributed by atoms with van der Waals surface area (Å²) in [5.41, 5.74) is 1.62. The molecular formula is C24H30F3N3O6S. The summed E-state index contributed by atoms with van der Waals surface area (Å²) in [6.07, 6.45) is -4.42. The van der Waals surface area contributed by atoms with Crippen molar-refractivity contribution < 1.29 is 41.0 Å². The zero-order chi connectivity index (χ0) is 27.5. The molecule has 1 heterocycles. The van der Waals surface area contributed by atoms with Crippen molar-refractivity contribution in [2.75, 3.05) is 52.1 Å². The average molecular weight is 546 g/mol. The van der Waals surface area contributed by atoms with Crippen molar-refractivity contribution in [1.29, 1.82) is 0 Å². The molecule has 0 spiro atoms. The fourth-order valence-corrected chi connectivity index (χ4v) is 4.87. The number of carboxylic acid groups (broad SMARTS) is 1. The van der Waals surface area contributed by atoms with Crippen LogP contribution in [0.4, 0.5) is 13.2 Å². The van der Waals surface area contributed by atoms with Gasteiger partial charge in [0.2, 0.25) is 10.0 Å². The van der Waals surface area contributed by atoms with Crippen LogP contribution in [0, 0.1) is 0 Å². The molecule has 1 fully saturated rings. The van der Waals surface area contributed by atoms with Gasteiger partial charge in [-0.15, -0.1) is 0 Å². The largest absolute Gasteiger partial charge is 0.497 e. The Kier molecular flexibility index (Phi) is 11.3. The van der Waals surface area contributed by atoms with Crippen molar-refractivity contribution in [1.82, 2.24) is 14.5 Å². The topological polar surface area (TPSA) is 116 Å². The van der Waals surface area contributed by atoms with E-state index in [1.54, 1.807) is 36.3 Å². The average Bonchev–Trinajstić information content (AvgIpc) is 2.89. The molecule has 37 heavy (non-hydrogen) atoms. The minimum atomic E-state index is -5.08. The van der Waals surface area contributed by atoms with E-state index in [1.807, 2.05) is 30.3 Å². The summed E-state index contributed by atoms with van der Waals surface area (Å²) in [4.78, 5) is 23.7. The van der Waals surface area contributed by atoms with Crippen LogP contribution < -0.4 is 10.1 Å². The van der Waals surface area contributed by atoms with Crippen molar-refractivity contribution in [2.45, 2.75) is 12.6 Å². The molecule has 3 rings (SSSR count). The molecule has 0 radical (unpaired) electrons. The number of alkyl halides is 3. The zero-order valence-electron chi connectivity index (χ0n) is 20.3. The lowest BCUT2D eigenvalue weighted by atomic mass is 10.1. The van der Waals surface area contributed by atoms with Gasteiger partial charge in [0.15, 0.2) is 0 Å². The van der Waals surface area contributed by atoms with Crippen molar-refractivity contribution in [3.05, 3.63) is 65.7 Å². The Hall–Kier alpha value is -3.16. The maximum atomic E-state index is 13.1. The molecule has 2 aromatic carbocycles. The third kappa shape index (κ3) is 10.0. The molecule has 0 atom stereocenters. The van der Waals surface area contributed by atoms with Crippen LogP contribution in [0.2, 0.25) is 0 Å². The highest BCUT2D eigenvalue weighted by molar-refractivity contribution is 7.89. The highest BCUT2D eigenvalue weighted by atomic mass is 32.2. The van der Waals surface area contributed by atoms with Crippen LogP contribution in [-0.2, 0) is 21.2 Å². The Balaban J connectivity index is 0.000000604. The Morgan fingerprint density at radius 2 is 1.59 bits per heavy atom. The number of benzene rings is 2. The zero-order valence-corrected chi connectivity index (χ0v) is 21.1. The summed E-state index contributed by atoms with van der Waals surface area (Å²) in [7, 11) is -1.83. The molecule has 1 amide bonds. The van der Waals surface area contributed by atoms with Crippen LogP contribution in [0.5, 0.6) is 5.75 Å². The maximum absolute atomic E-state index is 13.1. The van der Waals surface area contributed by atoms with E-state index in [9.17, 15) is 26.4 Å². The lowest BCUT2D eigenvalue weighted by Gasteiger charge is -2.28. The first-order chi connectivity index (χ1) is 17.4. The van der Waals surface area contributed by atoms with E-state index in [0.717, 1.165) is 5.56 Å². The molecular weight excluding hydrogens is 515 g/mol. The SMILES string of the molecule is COc1ccc(C(=O)N(CCc2ccccc2)CCS(=O)(=O)N2CCNCC2)cc1.O=C(O)C(F)(F)F. The van der Waals surface area contributed by atoms with Gasteiger partial charge in [-0.05, 0) is 36.2 Å². The molecule has 13 heteroatoms. The first-order valence-corrected chi connectivity index (χ1v) is 13.0. The normalized spacial score (nSPS) is 14.3. The number of amides is 1. The Morgan fingerprint density at radius 1 is 1.03 bits per heavy atom. The first-order valence-electron chi connectivity index (χ1n) is 11.4. The molecule has 2 N–H and O–H groups in total. The van der Waals surface area contributed by atoms with Crippen molar-refractivity contribution in [2.24, 2.45) is 0 Å². The Labute approximate surface area is 213 Å². The van der Waals surface area contributed by atoms with E-state index in [0.29, 0.717) is 50.5 Å². The summed E-state index contributed by atoms with van der Waals surface area (Å²) in [6, 6.07) is 16.8. The van der Waals surface area contributed by atoms with Gasteiger partial charge >= 0.3 is 12.1 Å². The Morgan fingerprint density at radius 3 is 2.11 bits per heavy atom.